The van der Waals surface area contributed by atoms with Gasteiger partial charge in [0.05, 0.1) is 0 Å². The number of pyridine rings is 2. The van der Waals surface area contributed by atoms with E-state index in [0.717, 1.165) is 5.69 Å². The van der Waals surface area contributed by atoms with Crippen molar-refractivity contribution in [3.05, 3.63) is 47.4 Å². The van der Waals surface area contributed by atoms with Gasteiger partial charge in [0.25, 0.3) is 5.91 Å². The van der Waals surface area contributed by atoms with Gasteiger partial charge < -0.3 is 10.3 Å². The summed E-state index contributed by atoms with van der Waals surface area (Å²) in [6.45, 7) is 2.41. The lowest BCUT2D eigenvalue weighted by atomic mass is 10.2. The van der Waals surface area contributed by atoms with Gasteiger partial charge in [0.1, 0.15) is 11.0 Å². The van der Waals surface area contributed by atoms with Crippen molar-refractivity contribution < 1.29 is 4.79 Å². The molecule has 0 aromatic carbocycles. The number of halogens is 1. The molecule has 0 atom stereocenters. The van der Waals surface area contributed by atoms with Gasteiger partial charge in [-0.05, 0) is 31.2 Å². The van der Waals surface area contributed by atoms with Crippen molar-refractivity contribution >= 4 is 29.0 Å². The van der Waals surface area contributed by atoms with Crippen LogP contribution in [0.3, 0.4) is 0 Å². The first-order chi connectivity index (χ1) is 9.65. The Morgan fingerprint density at radius 3 is 2.70 bits per heavy atom. The zero-order chi connectivity index (χ0) is 14.5. The minimum absolute atomic E-state index is 0.181. The lowest BCUT2D eigenvalue weighted by Crippen LogP contribution is -2.30. The second-order valence-corrected chi connectivity index (χ2v) is 4.35. The average Bonchev–Trinajstić information content (AvgIpc) is 2.48. The number of hydrogen-bond acceptors (Lipinski definition) is 5. The molecule has 0 radical (unpaired) electrons. The lowest BCUT2D eigenvalue weighted by Gasteiger charge is -2.21. The number of nitrogen functional groups attached to an aromatic ring is 1. The summed E-state index contributed by atoms with van der Waals surface area (Å²) < 4.78 is 0. The molecule has 0 aliphatic carbocycles. The molecular formula is C13H14ClN5O. The molecule has 2 aromatic rings. The van der Waals surface area contributed by atoms with Gasteiger partial charge in [-0.3, -0.25) is 9.78 Å². The van der Waals surface area contributed by atoms with E-state index in [0.29, 0.717) is 17.9 Å². The van der Waals surface area contributed by atoms with Gasteiger partial charge in [0.2, 0.25) is 0 Å². The van der Waals surface area contributed by atoms with Crippen molar-refractivity contribution in [3.63, 3.8) is 0 Å². The van der Waals surface area contributed by atoms with Gasteiger partial charge in [-0.1, -0.05) is 11.6 Å². The fourth-order valence-electron chi connectivity index (χ4n) is 1.82. The first kappa shape index (κ1) is 14.2. The van der Waals surface area contributed by atoms with Gasteiger partial charge in [-0.25, -0.2) is 10.8 Å². The summed E-state index contributed by atoms with van der Waals surface area (Å²) in [6.07, 6.45) is 3.27. The summed E-state index contributed by atoms with van der Waals surface area (Å²) >= 11 is 5.88. The summed E-state index contributed by atoms with van der Waals surface area (Å²) in [5, 5.41) is 0.203. The number of hydrogen-bond donors (Lipinski definition) is 2. The Morgan fingerprint density at radius 1 is 1.40 bits per heavy atom. The van der Waals surface area contributed by atoms with Crippen molar-refractivity contribution in [2.45, 2.75) is 6.92 Å². The van der Waals surface area contributed by atoms with Crippen LogP contribution in [-0.4, -0.2) is 22.4 Å². The van der Waals surface area contributed by atoms with Crippen LogP contribution in [-0.2, 0) is 0 Å². The van der Waals surface area contributed by atoms with E-state index in [1.807, 2.05) is 6.92 Å². The van der Waals surface area contributed by atoms with E-state index in [9.17, 15) is 4.79 Å². The Bertz CT molecular complexity index is 605. The zero-order valence-electron chi connectivity index (χ0n) is 10.9. The Kier molecular flexibility index (Phi) is 4.49. The number of nitrogens with two attached hydrogens (primary N) is 1. The molecule has 0 saturated heterocycles. The van der Waals surface area contributed by atoms with E-state index in [1.165, 1.54) is 6.07 Å². The summed E-state index contributed by atoms with van der Waals surface area (Å²) in [7, 11) is 0. The number of amides is 1. The van der Waals surface area contributed by atoms with E-state index in [1.54, 1.807) is 35.5 Å². The number of nitrogens with zero attached hydrogens (tertiary/aromatic N) is 3. The third-order valence-electron chi connectivity index (χ3n) is 2.72. The number of rotatable bonds is 4. The molecule has 1 amide bonds. The monoisotopic (exact) mass is 291 g/mol. The predicted molar refractivity (Wildman–Crippen MR) is 78.6 cm³/mol. The molecule has 3 N–H and O–H groups in total. The van der Waals surface area contributed by atoms with E-state index < -0.39 is 0 Å². The van der Waals surface area contributed by atoms with E-state index in [2.05, 4.69) is 15.4 Å². The maximum absolute atomic E-state index is 12.5. The molecule has 6 nitrogen and oxygen atoms in total. The van der Waals surface area contributed by atoms with Crippen LogP contribution in [0, 0.1) is 0 Å². The summed E-state index contributed by atoms with van der Waals surface area (Å²) in [6, 6.07) is 6.60. The highest BCUT2D eigenvalue weighted by molar-refractivity contribution is 6.30. The van der Waals surface area contributed by atoms with Crippen LogP contribution in [0.5, 0.6) is 0 Å². The molecule has 20 heavy (non-hydrogen) atoms. The summed E-state index contributed by atoms with van der Waals surface area (Å²) in [5.41, 5.74) is 3.56. The predicted octanol–water partition coefficient (Wildman–Crippen LogP) is 2.08. The van der Waals surface area contributed by atoms with Crippen LogP contribution in [0.2, 0.25) is 5.15 Å². The van der Waals surface area contributed by atoms with Crippen molar-refractivity contribution in [3.8, 4) is 0 Å². The number of aromatic nitrogens is 2. The molecule has 2 heterocycles. The summed E-state index contributed by atoms with van der Waals surface area (Å²) in [5.74, 6) is 5.46. The van der Waals surface area contributed by atoms with Crippen molar-refractivity contribution in [1.82, 2.24) is 9.97 Å². The smallest absolute Gasteiger partial charge is 0.258 e. The number of nitrogens with one attached hydrogen (secondary N) is 1. The van der Waals surface area contributed by atoms with E-state index >= 15 is 0 Å². The van der Waals surface area contributed by atoms with Crippen LogP contribution in [0.25, 0.3) is 0 Å². The molecule has 0 fully saturated rings. The second kappa shape index (κ2) is 6.31. The molecule has 2 rings (SSSR count). The SMILES string of the molecule is CCN(C(=O)c1cc(Cl)nc(NN)c1)c1ccncc1. The third-order valence-corrected chi connectivity index (χ3v) is 2.92. The minimum atomic E-state index is -0.181. The second-order valence-electron chi connectivity index (χ2n) is 3.96. The highest BCUT2D eigenvalue weighted by Gasteiger charge is 2.17. The normalized spacial score (nSPS) is 10.2. The number of carbonyl (C=O) groups is 1. The maximum Gasteiger partial charge on any atom is 0.258 e. The van der Waals surface area contributed by atoms with Crippen molar-refractivity contribution in [2.75, 3.05) is 16.9 Å². The quantitative estimate of drug-likeness (QED) is 0.512. The number of hydrazine groups is 1. The van der Waals surface area contributed by atoms with Crippen LogP contribution in [0.15, 0.2) is 36.7 Å². The van der Waals surface area contributed by atoms with Crippen LogP contribution >= 0.6 is 11.6 Å². The highest BCUT2D eigenvalue weighted by Crippen LogP contribution is 2.19. The van der Waals surface area contributed by atoms with Gasteiger partial charge >= 0.3 is 0 Å². The number of anilines is 2. The van der Waals surface area contributed by atoms with Gasteiger partial charge in [-0.2, -0.15) is 0 Å². The van der Waals surface area contributed by atoms with Crippen molar-refractivity contribution in [1.29, 1.82) is 0 Å². The first-order valence-corrected chi connectivity index (χ1v) is 6.39. The molecule has 104 valence electrons. The molecule has 0 spiro atoms. The highest BCUT2D eigenvalue weighted by atomic mass is 35.5. The maximum atomic E-state index is 12.5. The summed E-state index contributed by atoms with van der Waals surface area (Å²) in [4.78, 5) is 22.0. The lowest BCUT2D eigenvalue weighted by molar-refractivity contribution is 0.0988. The fraction of sp³-hybridized carbons (Fsp3) is 0.154. The largest absolute Gasteiger partial charge is 0.309 e. The Hall–Kier alpha value is -2.18. The zero-order valence-corrected chi connectivity index (χ0v) is 11.6. The van der Waals surface area contributed by atoms with Crippen LogP contribution in [0.4, 0.5) is 11.5 Å². The van der Waals surface area contributed by atoms with Gasteiger partial charge in [0.15, 0.2) is 0 Å². The molecule has 2 aromatic heterocycles. The van der Waals surface area contributed by atoms with Gasteiger partial charge in [-0.15, -0.1) is 0 Å². The Labute approximate surface area is 121 Å². The van der Waals surface area contributed by atoms with Gasteiger partial charge in [0, 0.05) is 30.2 Å². The van der Waals surface area contributed by atoms with Crippen LogP contribution < -0.4 is 16.2 Å². The molecule has 0 aliphatic rings. The van der Waals surface area contributed by atoms with E-state index in [-0.39, 0.29) is 11.1 Å². The van der Waals surface area contributed by atoms with Crippen molar-refractivity contribution in [2.24, 2.45) is 5.84 Å². The molecular weight excluding hydrogens is 278 g/mol. The average molecular weight is 292 g/mol. The van der Waals surface area contributed by atoms with E-state index in [4.69, 9.17) is 17.4 Å². The Morgan fingerprint density at radius 2 is 2.10 bits per heavy atom. The number of carbonyl (C=O) groups excluding carboxylic acids is 1. The standard InChI is InChI=1S/C13H14ClN5O/c1-2-19(10-3-5-16-6-4-10)13(20)9-7-11(14)17-12(8-9)18-15/h3-8H,2,15H2,1H3,(H,17,18). The molecule has 0 aliphatic heterocycles. The molecule has 7 heteroatoms. The first-order valence-electron chi connectivity index (χ1n) is 6.01. The Balaban J connectivity index is 2.36. The molecule has 0 unspecified atom stereocenters. The minimum Gasteiger partial charge on any atom is -0.309 e. The topological polar surface area (TPSA) is 84.1 Å². The molecule has 0 saturated carbocycles. The van der Waals surface area contributed by atoms with Crippen LogP contribution in [0.1, 0.15) is 17.3 Å². The third kappa shape index (κ3) is 3.04. The fourth-order valence-corrected chi connectivity index (χ4v) is 2.03. The molecule has 0 bridgehead atoms.